The molecule has 2 aromatic carbocycles. The molecule has 0 saturated carbocycles. The first-order chi connectivity index (χ1) is 8.88. The van der Waals surface area contributed by atoms with Crippen LogP contribution in [0.2, 0.25) is 0 Å². The van der Waals surface area contributed by atoms with Crippen molar-refractivity contribution in [3.63, 3.8) is 0 Å². The molecule has 0 aliphatic carbocycles. The van der Waals surface area contributed by atoms with Crippen molar-refractivity contribution in [3.05, 3.63) is 65.7 Å². The van der Waals surface area contributed by atoms with Crippen molar-refractivity contribution in [2.45, 2.75) is 13.2 Å². The maximum absolute atomic E-state index is 5.70. The summed E-state index contributed by atoms with van der Waals surface area (Å²) in [6.45, 7) is 1.28. The van der Waals surface area contributed by atoms with Crippen LogP contribution in [0.4, 0.5) is 0 Å². The fraction of sp³-hybridized carbons (Fsp3) is 0.200. The molecule has 0 aliphatic rings. The molecule has 0 unspecified atom stereocenters. The van der Waals surface area contributed by atoms with Crippen LogP contribution in [0.15, 0.2) is 54.6 Å². The molecule has 3 heteroatoms. The van der Waals surface area contributed by atoms with E-state index < -0.39 is 0 Å². The van der Waals surface area contributed by atoms with Crippen LogP contribution in [0.5, 0.6) is 5.75 Å². The summed E-state index contributed by atoms with van der Waals surface area (Å²) in [5.74, 6) is 0.875. The molecule has 0 fully saturated rings. The Bertz CT molecular complexity index is 454. The van der Waals surface area contributed by atoms with Crippen LogP contribution in [0, 0.1) is 0 Å². The van der Waals surface area contributed by atoms with E-state index in [4.69, 9.17) is 9.57 Å². The van der Waals surface area contributed by atoms with Crippen molar-refractivity contribution >= 4 is 0 Å². The fourth-order valence-electron chi connectivity index (χ4n) is 1.60. The monoisotopic (exact) mass is 243 g/mol. The van der Waals surface area contributed by atoms with Gasteiger partial charge in [-0.25, -0.2) is 0 Å². The highest BCUT2D eigenvalue weighted by molar-refractivity contribution is 5.27. The number of ether oxygens (including phenoxy) is 1. The standard InChI is InChI=1S/C15H17NO2/c1-17-16-11-13-7-9-15(10-8-13)18-12-14-5-3-2-4-6-14/h2-10,16H,11-12H2,1H3. The third-order valence-electron chi connectivity index (χ3n) is 2.59. The highest BCUT2D eigenvalue weighted by atomic mass is 16.6. The molecule has 0 heterocycles. The normalized spacial score (nSPS) is 10.3. The van der Waals surface area contributed by atoms with E-state index in [2.05, 4.69) is 17.6 Å². The zero-order chi connectivity index (χ0) is 12.6. The minimum atomic E-state index is 0.594. The molecule has 1 N–H and O–H groups in total. The number of hydroxylamine groups is 1. The largest absolute Gasteiger partial charge is 0.489 e. The molecular formula is C15H17NO2. The van der Waals surface area contributed by atoms with Gasteiger partial charge in [0.25, 0.3) is 0 Å². The maximum atomic E-state index is 5.70. The highest BCUT2D eigenvalue weighted by Crippen LogP contribution is 2.14. The lowest BCUT2D eigenvalue weighted by Gasteiger charge is -2.07. The van der Waals surface area contributed by atoms with Crippen LogP contribution < -0.4 is 10.2 Å². The van der Waals surface area contributed by atoms with Crippen LogP contribution in [0.25, 0.3) is 0 Å². The molecule has 18 heavy (non-hydrogen) atoms. The van der Waals surface area contributed by atoms with Gasteiger partial charge in [-0.15, -0.1) is 0 Å². The van der Waals surface area contributed by atoms with Crippen molar-refractivity contribution in [2.75, 3.05) is 7.11 Å². The van der Waals surface area contributed by atoms with Crippen molar-refractivity contribution in [3.8, 4) is 5.75 Å². The van der Waals surface area contributed by atoms with Crippen LogP contribution in [0.3, 0.4) is 0 Å². The Kier molecular flexibility index (Phi) is 4.76. The predicted molar refractivity (Wildman–Crippen MR) is 71.1 cm³/mol. The van der Waals surface area contributed by atoms with Gasteiger partial charge < -0.3 is 9.57 Å². The zero-order valence-corrected chi connectivity index (χ0v) is 10.4. The number of hydrogen-bond acceptors (Lipinski definition) is 3. The Morgan fingerprint density at radius 2 is 1.61 bits per heavy atom. The van der Waals surface area contributed by atoms with E-state index in [0.717, 1.165) is 11.3 Å². The van der Waals surface area contributed by atoms with Crippen molar-refractivity contribution in [1.82, 2.24) is 5.48 Å². The Morgan fingerprint density at radius 1 is 0.889 bits per heavy atom. The number of benzene rings is 2. The van der Waals surface area contributed by atoms with Crippen molar-refractivity contribution in [2.24, 2.45) is 0 Å². The third-order valence-corrected chi connectivity index (χ3v) is 2.59. The average molecular weight is 243 g/mol. The molecule has 0 atom stereocenters. The number of hydrogen-bond donors (Lipinski definition) is 1. The van der Waals surface area contributed by atoms with E-state index >= 15 is 0 Å². The molecule has 0 amide bonds. The minimum absolute atomic E-state index is 0.594. The van der Waals surface area contributed by atoms with Gasteiger partial charge in [0.1, 0.15) is 12.4 Å². The molecule has 0 aliphatic heterocycles. The smallest absolute Gasteiger partial charge is 0.119 e. The average Bonchev–Trinajstić information content (AvgIpc) is 2.45. The molecule has 2 aromatic rings. The van der Waals surface area contributed by atoms with Gasteiger partial charge in [0.2, 0.25) is 0 Å². The Morgan fingerprint density at radius 3 is 2.28 bits per heavy atom. The lowest BCUT2D eigenvalue weighted by molar-refractivity contribution is 0.0867. The van der Waals surface area contributed by atoms with Crippen LogP contribution >= 0.6 is 0 Å². The summed E-state index contributed by atoms with van der Waals surface area (Å²) in [5, 5.41) is 0. The van der Waals surface area contributed by atoms with Crippen molar-refractivity contribution < 1.29 is 9.57 Å². The van der Waals surface area contributed by atoms with E-state index in [1.165, 1.54) is 5.56 Å². The van der Waals surface area contributed by atoms with E-state index in [1.54, 1.807) is 7.11 Å². The van der Waals surface area contributed by atoms with E-state index in [0.29, 0.717) is 13.2 Å². The molecule has 3 nitrogen and oxygen atoms in total. The second-order valence-electron chi connectivity index (χ2n) is 3.94. The van der Waals surface area contributed by atoms with Crippen LogP contribution in [-0.4, -0.2) is 7.11 Å². The quantitative estimate of drug-likeness (QED) is 0.791. The topological polar surface area (TPSA) is 30.5 Å². The lowest BCUT2D eigenvalue weighted by atomic mass is 10.2. The first-order valence-electron chi connectivity index (χ1n) is 5.90. The Balaban J connectivity index is 1.86. The van der Waals surface area contributed by atoms with Crippen molar-refractivity contribution in [1.29, 1.82) is 0 Å². The van der Waals surface area contributed by atoms with Gasteiger partial charge in [-0.1, -0.05) is 42.5 Å². The molecule has 2 rings (SSSR count). The van der Waals surface area contributed by atoms with Gasteiger partial charge in [-0.3, -0.25) is 0 Å². The second-order valence-corrected chi connectivity index (χ2v) is 3.94. The molecule has 0 radical (unpaired) electrons. The van der Waals surface area contributed by atoms with E-state index in [-0.39, 0.29) is 0 Å². The van der Waals surface area contributed by atoms with E-state index in [1.807, 2.05) is 42.5 Å². The Labute approximate surface area is 107 Å². The minimum Gasteiger partial charge on any atom is -0.489 e. The summed E-state index contributed by atoms with van der Waals surface area (Å²) in [7, 11) is 1.61. The number of nitrogens with one attached hydrogen (secondary N) is 1. The van der Waals surface area contributed by atoms with Gasteiger partial charge in [0.05, 0.1) is 7.11 Å². The van der Waals surface area contributed by atoms with Crippen LogP contribution in [-0.2, 0) is 18.0 Å². The van der Waals surface area contributed by atoms with E-state index in [9.17, 15) is 0 Å². The first kappa shape index (κ1) is 12.6. The molecule has 0 aromatic heterocycles. The van der Waals surface area contributed by atoms with Gasteiger partial charge in [0, 0.05) is 6.54 Å². The van der Waals surface area contributed by atoms with Gasteiger partial charge in [0.15, 0.2) is 0 Å². The third kappa shape index (κ3) is 3.87. The Hall–Kier alpha value is -1.84. The predicted octanol–water partition coefficient (Wildman–Crippen LogP) is 2.92. The van der Waals surface area contributed by atoms with Gasteiger partial charge >= 0.3 is 0 Å². The first-order valence-corrected chi connectivity index (χ1v) is 5.90. The number of rotatable bonds is 6. The summed E-state index contributed by atoms with van der Waals surface area (Å²) in [4.78, 5) is 4.80. The van der Waals surface area contributed by atoms with Gasteiger partial charge in [-0.2, -0.15) is 5.48 Å². The second kappa shape index (κ2) is 6.79. The summed E-state index contributed by atoms with van der Waals surface area (Å²) >= 11 is 0. The fourth-order valence-corrected chi connectivity index (χ4v) is 1.60. The summed E-state index contributed by atoms with van der Waals surface area (Å²) in [6.07, 6.45) is 0. The molecule has 94 valence electrons. The molecule has 0 spiro atoms. The summed E-state index contributed by atoms with van der Waals surface area (Å²) in [5.41, 5.74) is 5.13. The highest BCUT2D eigenvalue weighted by Gasteiger charge is 1.96. The molecular weight excluding hydrogens is 226 g/mol. The zero-order valence-electron chi connectivity index (χ0n) is 10.4. The molecule has 0 saturated heterocycles. The summed E-state index contributed by atoms with van der Waals surface area (Å²) in [6, 6.07) is 18.1. The lowest BCUT2D eigenvalue weighted by Crippen LogP contribution is -2.10. The maximum Gasteiger partial charge on any atom is 0.119 e. The van der Waals surface area contributed by atoms with Crippen LogP contribution in [0.1, 0.15) is 11.1 Å². The summed E-state index contributed by atoms with van der Waals surface area (Å²) < 4.78 is 5.70. The SMILES string of the molecule is CONCc1ccc(OCc2ccccc2)cc1. The molecule has 0 bridgehead atoms. The van der Waals surface area contributed by atoms with Gasteiger partial charge in [-0.05, 0) is 23.3 Å².